The van der Waals surface area contributed by atoms with Crippen LogP contribution in [0.4, 0.5) is 0 Å². The van der Waals surface area contributed by atoms with Crippen molar-refractivity contribution in [2.24, 2.45) is 0 Å². The lowest BCUT2D eigenvalue weighted by Crippen LogP contribution is -2.21. The van der Waals surface area contributed by atoms with E-state index in [1.54, 1.807) is 4.88 Å². The third-order valence-corrected chi connectivity index (χ3v) is 3.38. The molecule has 1 aromatic rings. The summed E-state index contributed by atoms with van der Waals surface area (Å²) in [5, 5.41) is 6.57. The molecule has 1 aromatic heterocycles. The van der Waals surface area contributed by atoms with Crippen LogP contribution in [0.15, 0.2) is 6.07 Å². The summed E-state index contributed by atoms with van der Waals surface area (Å²) in [6.07, 6.45) is 1.21. The van der Waals surface area contributed by atoms with E-state index in [0.29, 0.717) is 0 Å². The van der Waals surface area contributed by atoms with Crippen LogP contribution in [0, 0.1) is 0 Å². The maximum Gasteiger partial charge on any atom is 0.0296 e. The zero-order valence-electron chi connectivity index (χ0n) is 7.31. The number of nitrogens with one attached hydrogen (secondary N) is 2. The molecule has 2 N–H and O–H groups in total. The van der Waals surface area contributed by atoms with E-state index in [1.807, 2.05) is 18.4 Å². The van der Waals surface area contributed by atoms with E-state index < -0.39 is 0 Å². The van der Waals surface area contributed by atoms with E-state index in [1.165, 1.54) is 16.9 Å². The van der Waals surface area contributed by atoms with Gasteiger partial charge in [-0.1, -0.05) is 0 Å². The maximum absolute atomic E-state index is 3.38. The first kappa shape index (κ1) is 8.23. The molecular formula is C9H14N2S. The Morgan fingerprint density at radius 3 is 3.33 bits per heavy atom. The fraction of sp³-hybridized carbons (Fsp3) is 0.556. The Bertz CT molecular complexity index is 244. The van der Waals surface area contributed by atoms with Crippen LogP contribution in [0.25, 0.3) is 0 Å². The molecule has 0 aliphatic carbocycles. The molecule has 12 heavy (non-hydrogen) atoms. The van der Waals surface area contributed by atoms with E-state index in [9.17, 15) is 0 Å². The second kappa shape index (κ2) is 3.56. The Morgan fingerprint density at radius 1 is 1.67 bits per heavy atom. The van der Waals surface area contributed by atoms with Crippen LogP contribution in [0.2, 0.25) is 0 Å². The van der Waals surface area contributed by atoms with Crippen LogP contribution in [0.5, 0.6) is 0 Å². The molecule has 0 amide bonds. The highest BCUT2D eigenvalue weighted by Gasteiger charge is 2.11. The Kier molecular flexibility index (Phi) is 2.44. The zero-order valence-corrected chi connectivity index (χ0v) is 8.13. The molecule has 1 aliphatic heterocycles. The number of rotatable bonds is 2. The molecule has 0 atom stereocenters. The predicted molar refractivity (Wildman–Crippen MR) is 52.5 cm³/mol. The molecule has 0 spiro atoms. The molecule has 0 fully saturated rings. The summed E-state index contributed by atoms with van der Waals surface area (Å²) >= 11 is 1.96. The lowest BCUT2D eigenvalue weighted by Gasteiger charge is -2.10. The van der Waals surface area contributed by atoms with Crippen molar-refractivity contribution in [3.05, 3.63) is 21.4 Å². The van der Waals surface area contributed by atoms with Gasteiger partial charge in [-0.15, -0.1) is 11.3 Å². The van der Waals surface area contributed by atoms with Crippen molar-refractivity contribution in [1.29, 1.82) is 0 Å². The normalized spacial score (nSPS) is 16.1. The van der Waals surface area contributed by atoms with E-state index in [4.69, 9.17) is 0 Å². The molecule has 66 valence electrons. The second-order valence-corrected chi connectivity index (χ2v) is 4.34. The minimum absolute atomic E-state index is 1.01. The SMILES string of the molecule is CNCc1cc2c(s1)CCNC2. The molecule has 0 unspecified atom stereocenters. The fourth-order valence-corrected chi connectivity index (χ4v) is 2.78. The fourth-order valence-electron chi connectivity index (χ4n) is 1.58. The van der Waals surface area contributed by atoms with Crippen LogP contribution < -0.4 is 10.6 Å². The summed E-state index contributed by atoms with van der Waals surface area (Å²) in [7, 11) is 2.00. The van der Waals surface area contributed by atoms with Crippen molar-refractivity contribution in [3.8, 4) is 0 Å². The van der Waals surface area contributed by atoms with Gasteiger partial charge < -0.3 is 10.6 Å². The molecule has 0 saturated carbocycles. The van der Waals surface area contributed by atoms with Crippen LogP contribution in [-0.2, 0) is 19.5 Å². The van der Waals surface area contributed by atoms with Crippen molar-refractivity contribution in [2.45, 2.75) is 19.5 Å². The zero-order chi connectivity index (χ0) is 8.39. The lowest BCUT2D eigenvalue weighted by atomic mass is 10.1. The minimum atomic E-state index is 1.01. The number of thiophene rings is 1. The molecule has 2 heterocycles. The van der Waals surface area contributed by atoms with Gasteiger partial charge in [0.15, 0.2) is 0 Å². The summed E-state index contributed by atoms with van der Waals surface area (Å²) < 4.78 is 0. The summed E-state index contributed by atoms with van der Waals surface area (Å²) in [5.41, 5.74) is 1.51. The third kappa shape index (κ3) is 1.53. The predicted octanol–water partition coefficient (Wildman–Crippen LogP) is 1.11. The quantitative estimate of drug-likeness (QED) is 0.716. The first-order valence-electron chi connectivity index (χ1n) is 4.36. The monoisotopic (exact) mass is 182 g/mol. The molecule has 0 radical (unpaired) electrons. The van der Waals surface area contributed by atoms with Gasteiger partial charge in [-0.3, -0.25) is 0 Å². The van der Waals surface area contributed by atoms with Crippen LogP contribution in [0.1, 0.15) is 15.3 Å². The van der Waals surface area contributed by atoms with Gasteiger partial charge in [-0.25, -0.2) is 0 Å². The van der Waals surface area contributed by atoms with Gasteiger partial charge in [-0.05, 0) is 25.1 Å². The lowest BCUT2D eigenvalue weighted by molar-refractivity contribution is 0.652. The Morgan fingerprint density at radius 2 is 2.58 bits per heavy atom. The van der Waals surface area contributed by atoms with Gasteiger partial charge in [0, 0.05) is 29.4 Å². The minimum Gasteiger partial charge on any atom is -0.315 e. The highest BCUT2D eigenvalue weighted by atomic mass is 32.1. The van der Waals surface area contributed by atoms with E-state index in [-0.39, 0.29) is 0 Å². The summed E-state index contributed by atoms with van der Waals surface area (Å²) in [5.74, 6) is 0. The summed E-state index contributed by atoms with van der Waals surface area (Å²) in [4.78, 5) is 3.05. The molecule has 2 nitrogen and oxygen atoms in total. The van der Waals surface area contributed by atoms with Gasteiger partial charge in [0.05, 0.1) is 0 Å². The topological polar surface area (TPSA) is 24.1 Å². The number of hydrogen-bond acceptors (Lipinski definition) is 3. The molecule has 0 aromatic carbocycles. The van der Waals surface area contributed by atoms with Crippen molar-refractivity contribution < 1.29 is 0 Å². The van der Waals surface area contributed by atoms with Crippen LogP contribution in [-0.4, -0.2) is 13.6 Å². The number of hydrogen-bond donors (Lipinski definition) is 2. The molecule has 0 saturated heterocycles. The second-order valence-electron chi connectivity index (χ2n) is 3.12. The molecule has 1 aliphatic rings. The molecular weight excluding hydrogens is 168 g/mol. The molecule has 0 bridgehead atoms. The summed E-state index contributed by atoms with van der Waals surface area (Å²) in [6, 6.07) is 2.32. The van der Waals surface area contributed by atoms with E-state index >= 15 is 0 Å². The molecule has 3 heteroatoms. The van der Waals surface area contributed by atoms with Gasteiger partial charge in [0.1, 0.15) is 0 Å². The average molecular weight is 182 g/mol. The maximum atomic E-state index is 3.38. The largest absolute Gasteiger partial charge is 0.315 e. The summed E-state index contributed by atoms with van der Waals surface area (Å²) in [6.45, 7) is 3.22. The standard InChI is InChI=1S/C9H14N2S/c1-10-6-8-4-7-5-11-3-2-9(7)12-8/h4,10-11H,2-3,5-6H2,1H3. The van der Waals surface area contributed by atoms with Crippen molar-refractivity contribution >= 4 is 11.3 Å². The smallest absolute Gasteiger partial charge is 0.0296 e. The van der Waals surface area contributed by atoms with E-state index in [0.717, 1.165) is 19.6 Å². The first-order valence-corrected chi connectivity index (χ1v) is 5.17. The third-order valence-electron chi connectivity index (χ3n) is 2.14. The van der Waals surface area contributed by atoms with Gasteiger partial charge >= 0.3 is 0 Å². The van der Waals surface area contributed by atoms with Gasteiger partial charge in [0.25, 0.3) is 0 Å². The Balaban J connectivity index is 2.20. The van der Waals surface area contributed by atoms with Crippen LogP contribution >= 0.6 is 11.3 Å². The van der Waals surface area contributed by atoms with Crippen molar-refractivity contribution in [3.63, 3.8) is 0 Å². The Labute approximate surface area is 77.0 Å². The average Bonchev–Trinajstić information content (AvgIpc) is 2.47. The highest BCUT2D eigenvalue weighted by molar-refractivity contribution is 7.12. The highest BCUT2D eigenvalue weighted by Crippen LogP contribution is 2.24. The van der Waals surface area contributed by atoms with Gasteiger partial charge in [-0.2, -0.15) is 0 Å². The van der Waals surface area contributed by atoms with Gasteiger partial charge in [0.2, 0.25) is 0 Å². The van der Waals surface area contributed by atoms with E-state index in [2.05, 4.69) is 16.7 Å². The first-order chi connectivity index (χ1) is 5.90. The van der Waals surface area contributed by atoms with Crippen molar-refractivity contribution in [2.75, 3.05) is 13.6 Å². The van der Waals surface area contributed by atoms with Crippen molar-refractivity contribution in [1.82, 2.24) is 10.6 Å². The number of fused-ring (bicyclic) bond motifs is 1. The Hall–Kier alpha value is -0.380. The van der Waals surface area contributed by atoms with Crippen LogP contribution in [0.3, 0.4) is 0 Å². The molecule has 2 rings (SSSR count).